The maximum absolute atomic E-state index is 13.6. The molecule has 1 saturated heterocycles. The van der Waals surface area contributed by atoms with Crippen molar-refractivity contribution in [2.24, 2.45) is 5.92 Å². The number of halogens is 1. The zero-order chi connectivity index (χ0) is 24.9. The van der Waals surface area contributed by atoms with Gasteiger partial charge in [-0.1, -0.05) is 12.1 Å². The summed E-state index contributed by atoms with van der Waals surface area (Å²) in [6, 6.07) is 7.76. The number of aromatic hydroxyl groups is 1. The van der Waals surface area contributed by atoms with E-state index >= 15 is 0 Å². The lowest BCUT2D eigenvalue weighted by Crippen LogP contribution is -2.68. The van der Waals surface area contributed by atoms with Gasteiger partial charge < -0.3 is 15.2 Å². The molecule has 2 bridgehead atoms. The molecule has 1 amide bonds. The van der Waals surface area contributed by atoms with Gasteiger partial charge in [0.2, 0.25) is 5.91 Å². The number of nitrogens with one attached hydrogen (secondary N) is 1. The van der Waals surface area contributed by atoms with Gasteiger partial charge in [-0.15, -0.1) is 0 Å². The normalized spacial score (nSPS) is 23.2. The van der Waals surface area contributed by atoms with Crippen molar-refractivity contribution in [3.05, 3.63) is 58.3 Å². The number of carbonyl (C=O) groups excluding carboxylic acids is 1. The van der Waals surface area contributed by atoms with Crippen LogP contribution in [0.1, 0.15) is 24.8 Å². The molecule has 9 heteroatoms. The van der Waals surface area contributed by atoms with Crippen molar-refractivity contribution in [1.82, 2.24) is 19.8 Å². The number of pyridine rings is 2. The number of morpholine rings is 1. The Morgan fingerprint density at radius 1 is 1.14 bits per heavy atom. The third-order valence-corrected chi connectivity index (χ3v) is 7.87. The minimum Gasteiger partial charge on any atom is -0.507 e. The first-order chi connectivity index (χ1) is 17.4. The molecule has 8 nitrogen and oxygen atoms in total. The minimum atomic E-state index is -0.400. The average molecular weight is 493 g/mol. The van der Waals surface area contributed by atoms with Crippen molar-refractivity contribution >= 4 is 16.9 Å². The summed E-state index contributed by atoms with van der Waals surface area (Å²) in [5.41, 5.74) is 1.34. The van der Waals surface area contributed by atoms with Crippen LogP contribution in [0.15, 0.2) is 41.3 Å². The summed E-state index contributed by atoms with van der Waals surface area (Å²) in [6.45, 7) is 3.87. The Bertz CT molecular complexity index is 1360. The van der Waals surface area contributed by atoms with Crippen molar-refractivity contribution < 1.29 is 19.0 Å². The van der Waals surface area contributed by atoms with Gasteiger partial charge in [-0.2, -0.15) is 0 Å². The second kappa shape index (κ2) is 8.97. The van der Waals surface area contributed by atoms with E-state index in [9.17, 15) is 19.1 Å². The summed E-state index contributed by atoms with van der Waals surface area (Å²) in [5, 5.41) is 14.7. The van der Waals surface area contributed by atoms with Gasteiger partial charge in [-0.25, -0.2) is 9.37 Å². The van der Waals surface area contributed by atoms with Gasteiger partial charge in [0.15, 0.2) is 0 Å². The molecule has 2 aromatic heterocycles. The van der Waals surface area contributed by atoms with Gasteiger partial charge in [0, 0.05) is 43.5 Å². The van der Waals surface area contributed by atoms with Crippen molar-refractivity contribution in [1.29, 1.82) is 0 Å². The number of benzene rings is 1. The van der Waals surface area contributed by atoms with Crippen LogP contribution in [-0.4, -0.2) is 63.9 Å². The summed E-state index contributed by atoms with van der Waals surface area (Å²) >= 11 is 0. The third kappa shape index (κ3) is 4.16. The lowest BCUT2D eigenvalue weighted by atomic mass is 9.50. The van der Waals surface area contributed by atoms with E-state index in [1.807, 2.05) is 0 Å². The number of amides is 1. The molecule has 2 N–H and O–H groups in total. The van der Waals surface area contributed by atoms with Crippen LogP contribution in [0, 0.1) is 11.7 Å². The van der Waals surface area contributed by atoms with E-state index in [1.54, 1.807) is 29.0 Å². The van der Waals surface area contributed by atoms with E-state index in [4.69, 9.17) is 4.74 Å². The Hall–Kier alpha value is -3.30. The third-order valence-electron chi connectivity index (χ3n) is 7.87. The van der Waals surface area contributed by atoms with Gasteiger partial charge in [0.05, 0.1) is 30.6 Å². The van der Waals surface area contributed by atoms with Crippen LogP contribution in [-0.2, 0) is 22.5 Å². The van der Waals surface area contributed by atoms with Gasteiger partial charge in [-0.05, 0) is 48.9 Å². The highest BCUT2D eigenvalue weighted by molar-refractivity contribution is 5.89. The monoisotopic (exact) mass is 492 g/mol. The molecule has 36 heavy (non-hydrogen) atoms. The lowest BCUT2D eigenvalue weighted by molar-refractivity contribution is -0.132. The molecule has 0 atom stereocenters. The molecule has 4 fully saturated rings. The fourth-order valence-corrected chi connectivity index (χ4v) is 5.74. The van der Waals surface area contributed by atoms with Gasteiger partial charge in [0.1, 0.15) is 17.2 Å². The number of aromatic nitrogens is 2. The van der Waals surface area contributed by atoms with E-state index in [0.29, 0.717) is 48.8 Å². The molecule has 4 aliphatic rings. The van der Waals surface area contributed by atoms with Gasteiger partial charge in [0.25, 0.3) is 5.56 Å². The highest BCUT2D eigenvalue weighted by Gasteiger charge is 2.57. The smallest absolute Gasteiger partial charge is 0.259 e. The Morgan fingerprint density at radius 2 is 1.86 bits per heavy atom. The second-order valence-electron chi connectivity index (χ2n) is 10.3. The Morgan fingerprint density at radius 3 is 2.53 bits per heavy atom. The fourth-order valence-electron chi connectivity index (χ4n) is 5.74. The first-order valence-electron chi connectivity index (χ1n) is 12.5. The van der Waals surface area contributed by atoms with E-state index in [1.165, 1.54) is 12.1 Å². The molecular formula is C27H29FN4O4. The predicted molar refractivity (Wildman–Crippen MR) is 132 cm³/mol. The molecule has 0 unspecified atom stereocenters. The molecular weight excluding hydrogens is 463 g/mol. The molecule has 1 aliphatic heterocycles. The lowest BCUT2D eigenvalue weighted by Gasteiger charge is -2.61. The number of hydrogen-bond donors (Lipinski definition) is 2. The van der Waals surface area contributed by atoms with E-state index in [2.05, 4.69) is 15.2 Å². The Kier molecular flexibility index (Phi) is 5.76. The van der Waals surface area contributed by atoms with Gasteiger partial charge >= 0.3 is 0 Å². The summed E-state index contributed by atoms with van der Waals surface area (Å²) in [7, 11) is 0. The zero-order valence-electron chi connectivity index (χ0n) is 20.0. The summed E-state index contributed by atoms with van der Waals surface area (Å²) in [6.07, 6.45) is 4.42. The molecule has 1 aromatic carbocycles. The molecule has 3 aromatic rings. The standard InChI is InChI=1S/C27H29FN4O4/c28-20-3-1-18(2-4-20)19-11-21-24(34)22(12-23(33)30-27-13-17(14-27)15-27)26(35)32(25(21)29-16-19)6-5-31-7-9-36-10-8-31/h1-4,11,16-17,34H,5-10,12-15H2,(H,30,33). The highest BCUT2D eigenvalue weighted by Crippen LogP contribution is 2.56. The second-order valence-corrected chi connectivity index (χ2v) is 10.3. The average Bonchev–Trinajstić information content (AvgIpc) is 2.84. The Balaban J connectivity index is 1.37. The first kappa shape index (κ1) is 23.1. The molecule has 3 aliphatic carbocycles. The van der Waals surface area contributed by atoms with Crippen molar-refractivity contribution in [2.45, 2.75) is 37.8 Å². The molecule has 0 spiro atoms. The maximum Gasteiger partial charge on any atom is 0.259 e. The van der Waals surface area contributed by atoms with Crippen LogP contribution < -0.4 is 10.9 Å². The molecule has 3 heterocycles. The van der Waals surface area contributed by atoms with Crippen LogP contribution in [0.25, 0.3) is 22.2 Å². The number of carbonyl (C=O) groups is 1. The van der Waals surface area contributed by atoms with Gasteiger partial charge in [-0.3, -0.25) is 19.1 Å². The molecule has 0 radical (unpaired) electrons. The fraction of sp³-hybridized carbons (Fsp3) is 0.444. The topological polar surface area (TPSA) is 96.7 Å². The summed E-state index contributed by atoms with van der Waals surface area (Å²) in [4.78, 5) is 33.2. The van der Waals surface area contributed by atoms with Crippen molar-refractivity contribution in [3.63, 3.8) is 0 Å². The zero-order valence-corrected chi connectivity index (χ0v) is 20.0. The van der Waals surface area contributed by atoms with Crippen LogP contribution >= 0.6 is 0 Å². The quantitative estimate of drug-likeness (QED) is 0.526. The summed E-state index contributed by atoms with van der Waals surface area (Å²) < 4.78 is 20.4. The van der Waals surface area contributed by atoms with Crippen LogP contribution in [0.5, 0.6) is 5.75 Å². The SMILES string of the molecule is O=C(Cc1c(O)c2cc(-c3ccc(F)cc3)cnc2n(CCN2CCOCC2)c1=O)NC12CC(C1)C2. The van der Waals surface area contributed by atoms with E-state index in [-0.39, 0.29) is 35.0 Å². The number of rotatable bonds is 7. The van der Waals surface area contributed by atoms with Crippen LogP contribution in [0.3, 0.4) is 0 Å². The number of nitrogens with zero attached hydrogens (tertiary/aromatic N) is 3. The van der Waals surface area contributed by atoms with E-state index < -0.39 is 5.56 Å². The van der Waals surface area contributed by atoms with Crippen LogP contribution in [0.2, 0.25) is 0 Å². The number of fused-ring (bicyclic) bond motifs is 1. The molecule has 7 rings (SSSR count). The van der Waals surface area contributed by atoms with Crippen molar-refractivity contribution in [3.8, 4) is 16.9 Å². The minimum absolute atomic E-state index is 0.0756. The summed E-state index contributed by atoms with van der Waals surface area (Å²) in [5.74, 6) is -0.0961. The largest absolute Gasteiger partial charge is 0.507 e. The maximum atomic E-state index is 13.6. The van der Waals surface area contributed by atoms with Crippen LogP contribution in [0.4, 0.5) is 4.39 Å². The first-order valence-corrected chi connectivity index (χ1v) is 12.5. The molecule has 3 saturated carbocycles. The number of hydrogen-bond acceptors (Lipinski definition) is 6. The Labute approximate surface area is 207 Å². The molecule has 188 valence electrons. The van der Waals surface area contributed by atoms with E-state index in [0.717, 1.165) is 37.9 Å². The predicted octanol–water partition coefficient (Wildman–Crippen LogP) is 2.45. The number of ether oxygens (including phenoxy) is 1. The highest BCUT2D eigenvalue weighted by atomic mass is 19.1. The van der Waals surface area contributed by atoms with Crippen molar-refractivity contribution in [2.75, 3.05) is 32.8 Å².